The van der Waals surface area contributed by atoms with Crippen LogP contribution in [0.2, 0.25) is 0 Å². The van der Waals surface area contributed by atoms with Gasteiger partial charge in [-0.05, 0) is 29.8 Å². The molecule has 2 aromatic carbocycles. The van der Waals surface area contributed by atoms with Gasteiger partial charge in [-0.2, -0.15) is 0 Å². The molecule has 0 spiro atoms. The van der Waals surface area contributed by atoms with Crippen LogP contribution in [-0.4, -0.2) is 7.11 Å². The molecule has 0 aliphatic heterocycles. The average molecular weight is 217 g/mol. The number of halogens is 1. The molecule has 0 atom stereocenters. The molecule has 16 heavy (non-hydrogen) atoms. The number of anilines is 1. The van der Waals surface area contributed by atoms with E-state index in [9.17, 15) is 4.39 Å². The largest absolute Gasteiger partial charge is 0.496 e. The molecule has 2 nitrogen and oxygen atoms in total. The molecule has 3 heteroatoms. The monoisotopic (exact) mass is 217 g/mol. The van der Waals surface area contributed by atoms with Crippen LogP contribution in [0.4, 0.5) is 10.1 Å². The Morgan fingerprint density at radius 1 is 1.06 bits per heavy atom. The van der Waals surface area contributed by atoms with Crippen LogP contribution in [-0.2, 0) is 0 Å². The fourth-order valence-electron chi connectivity index (χ4n) is 1.58. The molecule has 2 aromatic rings. The number of ether oxygens (including phenoxy) is 1. The average Bonchev–Trinajstić information content (AvgIpc) is 2.30. The molecule has 2 N–H and O–H groups in total. The Hall–Kier alpha value is -2.03. The number of methoxy groups -OCH3 is 1. The summed E-state index contributed by atoms with van der Waals surface area (Å²) in [6, 6.07) is 11.7. The van der Waals surface area contributed by atoms with Crippen LogP contribution in [0, 0.1) is 5.82 Å². The van der Waals surface area contributed by atoms with Crippen LogP contribution in [0.1, 0.15) is 0 Å². The number of benzene rings is 2. The predicted molar refractivity (Wildman–Crippen MR) is 62.8 cm³/mol. The Morgan fingerprint density at radius 2 is 1.75 bits per heavy atom. The van der Waals surface area contributed by atoms with Crippen LogP contribution >= 0.6 is 0 Å². The van der Waals surface area contributed by atoms with E-state index < -0.39 is 0 Å². The van der Waals surface area contributed by atoms with E-state index in [1.807, 2.05) is 6.07 Å². The normalized spacial score (nSPS) is 10.1. The third-order valence-corrected chi connectivity index (χ3v) is 2.38. The van der Waals surface area contributed by atoms with Crippen LogP contribution < -0.4 is 10.5 Å². The zero-order valence-electron chi connectivity index (χ0n) is 8.91. The topological polar surface area (TPSA) is 35.2 Å². The molecule has 0 bridgehead atoms. The van der Waals surface area contributed by atoms with E-state index in [2.05, 4.69) is 0 Å². The third kappa shape index (κ3) is 1.98. The first-order valence-corrected chi connectivity index (χ1v) is 4.90. The lowest BCUT2D eigenvalue weighted by Gasteiger charge is -2.09. The Morgan fingerprint density at radius 3 is 2.38 bits per heavy atom. The summed E-state index contributed by atoms with van der Waals surface area (Å²) in [5.74, 6) is 0.435. The van der Waals surface area contributed by atoms with Gasteiger partial charge in [0.25, 0.3) is 0 Å². The van der Waals surface area contributed by atoms with E-state index in [-0.39, 0.29) is 5.82 Å². The van der Waals surface area contributed by atoms with Gasteiger partial charge in [0, 0.05) is 17.3 Å². The summed E-state index contributed by atoms with van der Waals surface area (Å²) in [5.41, 5.74) is 8.11. The first-order chi connectivity index (χ1) is 7.70. The summed E-state index contributed by atoms with van der Waals surface area (Å²) < 4.78 is 18.0. The van der Waals surface area contributed by atoms with Crippen molar-refractivity contribution in [3.05, 3.63) is 48.3 Å². The van der Waals surface area contributed by atoms with Gasteiger partial charge in [0.05, 0.1) is 7.11 Å². The first-order valence-electron chi connectivity index (χ1n) is 4.90. The molecule has 0 heterocycles. The minimum absolute atomic E-state index is 0.252. The molecule has 0 amide bonds. The number of nitrogens with two attached hydrogens (primary N) is 1. The highest BCUT2D eigenvalue weighted by Gasteiger charge is 2.05. The highest BCUT2D eigenvalue weighted by atomic mass is 19.1. The van der Waals surface area contributed by atoms with Crippen molar-refractivity contribution in [3.63, 3.8) is 0 Å². The predicted octanol–water partition coefficient (Wildman–Crippen LogP) is 3.08. The van der Waals surface area contributed by atoms with Crippen molar-refractivity contribution < 1.29 is 9.13 Å². The van der Waals surface area contributed by atoms with Gasteiger partial charge in [-0.25, -0.2) is 4.39 Å². The van der Waals surface area contributed by atoms with Gasteiger partial charge in [-0.1, -0.05) is 12.1 Å². The number of hydrogen-bond donors (Lipinski definition) is 1. The Labute approximate surface area is 93.5 Å². The maximum absolute atomic E-state index is 12.8. The van der Waals surface area contributed by atoms with E-state index in [0.717, 1.165) is 11.1 Å². The van der Waals surface area contributed by atoms with Gasteiger partial charge < -0.3 is 10.5 Å². The molecular weight excluding hydrogens is 205 g/mol. The summed E-state index contributed by atoms with van der Waals surface area (Å²) in [7, 11) is 1.59. The standard InChI is InChI=1S/C13H12FNO/c1-16-13-8-11(15)6-7-12(13)9-2-4-10(14)5-3-9/h2-8H,15H2,1H3. The number of hydrogen-bond acceptors (Lipinski definition) is 2. The number of nitrogen functional groups attached to an aromatic ring is 1. The maximum Gasteiger partial charge on any atom is 0.128 e. The summed E-state index contributed by atoms with van der Waals surface area (Å²) in [6.07, 6.45) is 0. The van der Waals surface area contributed by atoms with E-state index in [1.165, 1.54) is 12.1 Å². The number of rotatable bonds is 2. The molecule has 2 rings (SSSR count). The summed E-state index contributed by atoms with van der Waals surface area (Å²) in [5, 5.41) is 0. The van der Waals surface area contributed by atoms with Gasteiger partial charge in [0.2, 0.25) is 0 Å². The molecule has 0 aromatic heterocycles. The Kier molecular flexibility index (Phi) is 2.77. The van der Waals surface area contributed by atoms with E-state index in [1.54, 1.807) is 31.4 Å². The van der Waals surface area contributed by atoms with Crippen molar-refractivity contribution in [2.45, 2.75) is 0 Å². The Bertz CT molecular complexity index is 494. The van der Waals surface area contributed by atoms with Crippen molar-refractivity contribution in [2.75, 3.05) is 12.8 Å². The van der Waals surface area contributed by atoms with Crippen molar-refractivity contribution >= 4 is 5.69 Å². The van der Waals surface area contributed by atoms with Gasteiger partial charge in [0.1, 0.15) is 11.6 Å². The van der Waals surface area contributed by atoms with Crippen molar-refractivity contribution in [2.24, 2.45) is 0 Å². The highest BCUT2D eigenvalue weighted by molar-refractivity contribution is 5.72. The van der Waals surface area contributed by atoms with Gasteiger partial charge >= 0.3 is 0 Å². The molecule has 0 saturated carbocycles. The van der Waals surface area contributed by atoms with Crippen molar-refractivity contribution in [1.82, 2.24) is 0 Å². The molecule has 0 radical (unpaired) electrons. The lowest BCUT2D eigenvalue weighted by atomic mass is 10.0. The smallest absolute Gasteiger partial charge is 0.128 e. The van der Waals surface area contributed by atoms with Gasteiger partial charge in [-0.3, -0.25) is 0 Å². The minimum Gasteiger partial charge on any atom is -0.496 e. The Balaban J connectivity index is 2.51. The third-order valence-electron chi connectivity index (χ3n) is 2.38. The molecule has 0 saturated heterocycles. The fourth-order valence-corrected chi connectivity index (χ4v) is 1.58. The second-order valence-corrected chi connectivity index (χ2v) is 3.47. The molecule has 0 aliphatic carbocycles. The SMILES string of the molecule is COc1cc(N)ccc1-c1ccc(F)cc1. The summed E-state index contributed by atoms with van der Waals surface area (Å²) in [4.78, 5) is 0. The summed E-state index contributed by atoms with van der Waals surface area (Å²) in [6.45, 7) is 0. The maximum atomic E-state index is 12.8. The van der Waals surface area contributed by atoms with Crippen molar-refractivity contribution in [1.29, 1.82) is 0 Å². The van der Waals surface area contributed by atoms with Crippen molar-refractivity contribution in [3.8, 4) is 16.9 Å². The summed E-state index contributed by atoms with van der Waals surface area (Å²) >= 11 is 0. The lowest BCUT2D eigenvalue weighted by Crippen LogP contribution is -1.91. The minimum atomic E-state index is -0.252. The van der Waals surface area contributed by atoms with Gasteiger partial charge in [-0.15, -0.1) is 0 Å². The van der Waals surface area contributed by atoms with Crippen LogP contribution in [0.5, 0.6) is 5.75 Å². The van der Waals surface area contributed by atoms with Crippen LogP contribution in [0.25, 0.3) is 11.1 Å². The molecular formula is C13H12FNO. The quantitative estimate of drug-likeness (QED) is 0.784. The van der Waals surface area contributed by atoms with E-state index in [4.69, 9.17) is 10.5 Å². The molecule has 0 aliphatic rings. The second kappa shape index (κ2) is 4.23. The second-order valence-electron chi connectivity index (χ2n) is 3.47. The molecule has 0 unspecified atom stereocenters. The van der Waals surface area contributed by atoms with E-state index >= 15 is 0 Å². The highest BCUT2D eigenvalue weighted by Crippen LogP contribution is 2.31. The molecule has 82 valence electrons. The van der Waals surface area contributed by atoms with Gasteiger partial charge in [0.15, 0.2) is 0 Å². The fraction of sp³-hybridized carbons (Fsp3) is 0.0769. The zero-order valence-corrected chi connectivity index (χ0v) is 8.91. The lowest BCUT2D eigenvalue weighted by molar-refractivity contribution is 0.416. The zero-order chi connectivity index (χ0) is 11.5. The molecule has 0 fully saturated rings. The van der Waals surface area contributed by atoms with Crippen LogP contribution in [0.3, 0.4) is 0 Å². The first kappa shape index (κ1) is 10.5. The van der Waals surface area contributed by atoms with Crippen LogP contribution in [0.15, 0.2) is 42.5 Å². The van der Waals surface area contributed by atoms with E-state index in [0.29, 0.717) is 11.4 Å².